The maximum absolute atomic E-state index is 5.85. The molecule has 0 amide bonds. The van der Waals surface area contributed by atoms with E-state index < -0.39 is 0 Å². The second kappa shape index (κ2) is 3.93. The number of hydrogen-bond acceptors (Lipinski definition) is 2. The molecule has 2 aromatic rings. The molecule has 0 aliphatic rings. The first kappa shape index (κ1) is 10.0. The molecule has 1 aromatic heterocycles. The molecular formula is C12H17N3. The average molecular weight is 203 g/mol. The van der Waals surface area contributed by atoms with Gasteiger partial charge in [0.05, 0.1) is 5.52 Å². The zero-order chi connectivity index (χ0) is 10.8. The van der Waals surface area contributed by atoms with Gasteiger partial charge in [0.25, 0.3) is 0 Å². The van der Waals surface area contributed by atoms with E-state index in [0.717, 1.165) is 23.9 Å². The van der Waals surface area contributed by atoms with Crippen LogP contribution in [0.25, 0.3) is 10.9 Å². The summed E-state index contributed by atoms with van der Waals surface area (Å²) in [5.74, 6) is 1.32. The van der Waals surface area contributed by atoms with Crippen LogP contribution in [0.4, 0.5) is 5.82 Å². The summed E-state index contributed by atoms with van der Waals surface area (Å²) in [4.78, 5) is 0. The van der Waals surface area contributed by atoms with Gasteiger partial charge in [0.2, 0.25) is 0 Å². The number of benzene rings is 1. The molecule has 3 heteroatoms. The number of nitrogen functional groups attached to an aromatic ring is 1. The number of nitrogens with zero attached hydrogens (tertiary/aromatic N) is 2. The van der Waals surface area contributed by atoms with E-state index >= 15 is 0 Å². The van der Waals surface area contributed by atoms with E-state index in [4.69, 9.17) is 5.73 Å². The van der Waals surface area contributed by atoms with Crippen molar-refractivity contribution in [1.29, 1.82) is 0 Å². The Morgan fingerprint density at radius 3 is 2.80 bits per heavy atom. The van der Waals surface area contributed by atoms with E-state index in [1.807, 2.05) is 22.9 Å². The Morgan fingerprint density at radius 1 is 1.33 bits per heavy atom. The monoisotopic (exact) mass is 203 g/mol. The van der Waals surface area contributed by atoms with Gasteiger partial charge in [-0.2, -0.15) is 5.10 Å². The highest BCUT2D eigenvalue weighted by molar-refractivity contribution is 5.88. The van der Waals surface area contributed by atoms with Gasteiger partial charge in [-0.25, -0.2) is 0 Å². The van der Waals surface area contributed by atoms with Crippen molar-refractivity contribution in [1.82, 2.24) is 9.78 Å². The molecule has 0 aliphatic carbocycles. The van der Waals surface area contributed by atoms with Crippen LogP contribution in [0.3, 0.4) is 0 Å². The number of para-hydroxylation sites is 1. The standard InChI is InChI=1S/C12H17N3/c1-9(2)7-8-15-11-6-4-3-5-10(11)12(13)14-15/h3-6,9H,7-8H2,1-2H3,(H2,13,14). The minimum absolute atomic E-state index is 0.634. The van der Waals surface area contributed by atoms with Crippen molar-refractivity contribution in [3.8, 4) is 0 Å². The zero-order valence-corrected chi connectivity index (χ0v) is 9.27. The second-order valence-corrected chi connectivity index (χ2v) is 4.31. The third-order valence-corrected chi connectivity index (χ3v) is 2.60. The molecular weight excluding hydrogens is 186 g/mol. The van der Waals surface area contributed by atoms with Crippen LogP contribution in [0.15, 0.2) is 24.3 Å². The van der Waals surface area contributed by atoms with Crippen LogP contribution in [0, 0.1) is 5.92 Å². The maximum atomic E-state index is 5.85. The van der Waals surface area contributed by atoms with E-state index in [2.05, 4.69) is 25.0 Å². The maximum Gasteiger partial charge on any atom is 0.153 e. The number of hydrogen-bond donors (Lipinski definition) is 1. The van der Waals surface area contributed by atoms with Gasteiger partial charge in [-0.05, 0) is 24.5 Å². The van der Waals surface area contributed by atoms with E-state index in [1.165, 1.54) is 0 Å². The molecule has 15 heavy (non-hydrogen) atoms. The molecule has 2 N–H and O–H groups in total. The lowest BCUT2D eigenvalue weighted by Crippen LogP contribution is -2.03. The highest BCUT2D eigenvalue weighted by atomic mass is 15.3. The summed E-state index contributed by atoms with van der Waals surface area (Å²) >= 11 is 0. The van der Waals surface area contributed by atoms with Crippen molar-refractivity contribution in [3.05, 3.63) is 24.3 Å². The van der Waals surface area contributed by atoms with Crippen molar-refractivity contribution in [2.45, 2.75) is 26.8 Å². The quantitative estimate of drug-likeness (QED) is 0.833. The molecule has 80 valence electrons. The zero-order valence-electron chi connectivity index (χ0n) is 9.27. The van der Waals surface area contributed by atoms with Gasteiger partial charge < -0.3 is 5.73 Å². The van der Waals surface area contributed by atoms with Crippen LogP contribution in [0.1, 0.15) is 20.3 Å². The molecule has 0 aliphatic heterocycles. The van der Waals surface area contributed by atoms with E-state index in [0.29, 0.717) is 11.7 Å². The molecule has 0 fully saturated rings. The summed E-state index contributed by atoms with van der Waals surface area (Å²) in [5, 5.41) is 5.41. The molecule has 0 saturated carbocycles. The van der Waals surface area contributed by atoms with Crippen LogP contribution in [0.2, 0.25) is 0 Å². The lowest BCUT2D eigenvalue weighted by molar-refractivity contribution is 0.497. The van der Waals surface area contributed by atoms with Gasteiger partial charge in [-0.1, -0.05) is 26.0 Å². The molecule has 1 heterocycles. The Morgan fingerprint density at radius 2 is 2.07 bits per heavy atom. The van der Waals surface area contributed by atoms with E-state index in [9.17, 15) is 0 Å². The molecule has 0 spiro atoms. The third kappa shape index (κ3) is 1.96. The van der Waals surface area contributed by atoms with Crippen LogP contribution in [-0.4, -0.2) is 9.78 Å². The minimum Gasteiger partial charge on any atom is -0.382 e. The fourth-order valence-corrected chi connectivity index (χ4v) is 1.70. The summed E-state index contributed by atoms with van der Waals surface area (Å²) in [5.41, 5.74) is 6.99. The number of fused-ring (bicyclic) bond motifs is 1. The Kier molecular flexibility index (Phi) is 2.62. The predicted octanol–water partition coefficient (Wildman–Crippen LogP) is 2.66. The molecule has 0 unspecified atom stereocenters. The Bertz CT molecular complexity index is 457. The summed E-state index contributed by atoms with van der Waals surface area (Å²) in [6.07, 6.45) is 1.13. The smallest absolute Gasteiger partial charge is 0.153 e. The first-order valence-corrected chi connectivity index (χ1v) is 5.39. The number of nitrogens with two attached hydrogens (primary N) is 1. The van der Waals surface area contributed by atoms with Gasteiger partial charge in [0.1, 0.15) is 0 Å². The summed E-state index contributed by atoms with van der Waals surface area (Å²) in [6, 6.07) is 8.10. The second-order valence-electron chi connectivity index (χ2n) is 4.31. The molecule has 0 bridgehead atoms. The lowest BCUT2D eigenvalue weighted by atomic mass is 10.1. The van der Waals surface area contributed by atoms with E-state index in [-0.39, 0.29) is 0 Å². The minimum atomic E-state index is 0.634. The van der Waals surface area contributed by atoms with Gasteiger partial charge in [0.15, 0.2) is 5.82 Å². The van der Waals surface area contributed by atoms with Crippen molar-refractivity contribution in [2.75, 3.05) is 5.73 Å². The topological polar surface area (TPSA) is 43.8 Å². The van der Waals surface area contributed by atoms with Crippen LogP contribution in [-0.2, 0) is 6.54 Å². The molecule has 0 saturated heterocycles. The van der Waals surface area contributed by atoms with Crippen molar-refractivity contribution in [2.24, 2.45) is 5.92 Å². The van der Waals surface area contributed by atoms with Crippen molar-refractivity contribution >= 4 is 16.7 Å². The number of anilines is 1. The van der Waals surface area contributed by atoms with Gasteiger partial charge in [-0.15, -0.1) is 0 Å². The number of rotatable bonds is 3. The van der Waals surface area contributed by atoms with Gasteiger partial charge in [-0.3, -0.25) is 4.68 Å². The fraction of sp³-hybridized carbons (Fsp3) is 0.417. The normalized spacial score (nSPS) is 11.4. The fourth-order valence-electron chi connectivity index (χ4n) is 1.70. The van der Waals surface area contributed by atoms with Crippen LogP contribution in [0.5, 0.6) is 0 Å². The Labute approximate surface area is 89.9 Å². The molecule has 0 radical (unpaired) electrons. The van der Waals surface area contributed by atoms with Crippen molar-refractivity contribution in [3.63, 3.8) is 0 Å². The summed E-state index contributed by atoms with van der Waals surface area (Å²) in [7, 11) is 0. The van der Waals surface area contributed by atoms with Gasteiger partial charge in [0, 0.05) is 11.9 Å². The Hall–Kier alpha value is -1.51. The average Bonchev–Trinajstić information content (AvgIpc) is 2.54. The summed E-state index contributed by atoms with van der Waals surface area (Å²) < 4.78 is 2.00. The van der Waals surface area contributed by atoms with Crippen LogP contribution >= 0.6 is 0 Å². The lowest BCUT2D eigenvalue weighted by Gasteiger charge is -2.05. The molecule has 2 rings (SSSR count). The number of aromatic nitrogens is 2. The first-order valence-electron chi connectivity index (χ1n) is 5.39. The largest absolute Gasteiger partial charge is 0.382 e. The first-order chi connectivity index (χ1) is 7.18. The van der Waals surface area contributed by atoms with E-state index in [1.54, 1.807) is 0 Å². The molecule has 1 aromatic carbocycles. The molecule has 0 atom stereocenters. The molecule has 3 nitrogen and oxygen atoms in total. The van der Waals surface area contributed by atoms with Crippen molar-refractivity contribution < 1.29 is 0 Å². The highest BCUT2D eigenvalue weighted by Gasteiger charge is 2.06. The SMILES string of the molecule is CC(C)CCn1nc(N)c2ccccc21. The Balaban J connectivity index is 2.35. The number of aryl methyl sites for hydroxylation is 1. The summed E-state index contributed by atoms with van der Waals surface area (Å²) in [6.45, 7) is 5.37. The van der Waals surface area contributed by atoms with Gasteiger partial charge >= 0.3 is 0 Å². The highest BCUT2D eigenvalue weighted by Crippen LogP contribution is 2.20. The van der Waals surface area contributed by atoms with Crippen LogP contribution < -0.4 is 5.73 Å². The predicted molar refractivity (Wildman–Crippen MR) is 63.6 cm³/mol. The third-order valence-electron chi connectivity index (χ3n) is 2.60.